The van der Waals surface area contributed by atoms with Gasteiger partial charge >= 0.3 is 0 Å². The average molecular weight is 280 g/mol. The van der Waals surface area contributed by atoms with E-state index in [0.29, 0.717) is 6.54 Å². The second kappa shape index (κ2) is 5.53. The molecule has 0 aliphatic rings. The molecule has 2 rings (SSSR count). The number of ether oxygens (including phenoxy) is 1. The molecule has 0 spiro atoms. The van der Waals surface area contributed by atoms with Crippen molar-refractivity contribution in [2.24, 2.45) is 7.05 Å². The van der Waals surface area contributed by atoms with Gasteiger partial charge < -0.3 is 10.1 Å². The molecule has 0 aliphatic carbocycles. The number of hydrogen-bond donors (Lipinski definition) is 1. The number of aromatic nitrogens is 2. The van der Waals surface area contributed by atoms with E-state index in [-0.39, 0.29) is 0 Å². The number of halogens is 1. The van der Waals surface area contributed by atoms with E-state index >= 15 is 0 Å². The van der Waals surface area contributed by atoms with Gasteiger partial charge in [-0.1, -0.05) is 17.7 Å². The van der Waals surface area contributed by atoms with Crippen molar-refractivity contribution in [3.8, 4) is 5.88 Å². The van der Waals surface area contributed by atoms with Crippen LogP contribution in [0.2, 0.25) is 5.02 Å². The van der Waals surface area contributed by atoms with Crippen molar-refractivity contribution < 1.29 is 4.74 Å². The molecule has 1 N–H and O–H groups in total. The van der Waals surface area contributed by atoms with Gasteiger partial charge in [0.1, 0.15) is 0 Å². The SMILES string of the molecule is COc1c(CNc2cc(Cl)ccc2C)c(C)nn1C. The molecule has 0 fully saturated rings. The van der Waals surface area contributed by atoms with Gasteiger partial charge in [0.2, 0.25) is 5.88 Å². The van der Waals surface area contributed by atoms with Gasteiger partial charge in [-0.05, 0) is 31.5 Å². The van der Waals surface area contributed by atoms with Gasteiger partial charge in [0, 0.05) is 24.3 Å². The van der Waals surface area contributed by atoms with Crippen LogP contribution in [0.5, 0.6) is 5.88 Å². The van der Waals surface area contributed by atoms with E-state index in [2.05, 4.69) is 10.4 Å². The summed E-state index contributed by atoms with van der Waals surface area (Å²) in [6.45, 7) is 4.68. The number of aryl methyl sites for hydroxylation is 3. The molecule has 0 radical (unpaired) electrons. The largest absolute Gasteiger partial charge is 0.481 e. The molecular weight excluding hydrogens is 262 g/mol. The van der Waals surface area contributed by atoms with Crippen molar-refractivity contribution in [3.05, 3.63) is 40.0 Å². The first-order valence-electron chi connectivity index (χ1n) is 6.09. The minimum Gasteiger partial charge on any atom is -0.481 e. The van der Waals surface area contributed by atoms with E-state index in [9.17, 15) is 0 Å². The lowest BCUT2D eigenvalue weighted by atomic mass is 10.2. The molecule has 4 nitrogen and oxygen atoms in total. The first-order valence-corrected chi connectivity index (χ1v) is 6.47. The van der Waals surface area contributed by atoms with E-state index in [1.165, 1.54) is 0 Å². The Hall–Kier alpha value is -1.68. The first-order chi connectivity index (χ1) is 9.02. The third kappa shape index (κ3) is 2.84. The number of nitrogens with zero attached hydrogens (tertiary/aromatic N) is 2. The molecule has 102 valence electrons. The molecule has 0 bridgehead atoms. The van der Waals surface area contributed by atoms with Crippen LogP contribution < -0.4 is 10.1 Å². The molecule has 5 heteroatoms. The zero-order valence-electron chi connectivity index (χ0n) is 11.6. The van der Waals surface area contributed by atoms with Crippen molar-refractivity contribution in [1.82, 2.24) is 9.78 Å². The van der Waals surface area contributed by atoms with Gasteiger partial charge in [-0.3, -0.25) is 0 Å². The quantitative estimate of drug-likeness (QED) is 0.933. The van der Waals surface area contributed by atoms with E-state index in [0.717, 1.165) is 33.4 Å². The van der Waals surface area contributed by atoms with Crippen LogP contribution in [0, 0.1) is 13.8 Å². The Morgan fingerprint density at radius 3 is 2.79 bits per heavy atom. The van der Waals surface area contributed by atoms with Crippen LogP contribution in [0.25, 0.3) is 0 Å². The molecule has 1 aromatic carbocycles. The maximum atomic E-state index is 6.01. The smallest absolute Gasteiger partial charge is 0.216 e. The van der Waals surface area contributed by atoms with Crippen LogP contribution >= 0.6 is 11.6 Å². The standard InChI is InChI=1S/C14H18ClN3O/c1-9-5-6-11(15)7-13(9)16-8-12-10(2)17-18(3)14(12)19-4/h5-7,16H,8H2,1-4H3. The lowest BCUT2D eigenvalue weighted by Gasteiger charge is -2.11. The highest BCUT2D eigenvalue weighted by molar-refractivity contribution is 6.30. The topological polar surface area (TPSA) is 39.1 Å². The Labute approximate surface area is 118 Å². The van der Waals surface area contributed by atoms with Gasteiger partial charge in [0.25, 0.3) is 0 Å². The molecule has 19 heavy (non-hydrogen) atoms. The minimum absolute atomic E-state index is 0.657. The van der Waals surface area contributed by atoms with Crippen LogP contribution in [0.4, 0.5) is 5.69 Å². The minimum atomic E-state index is 0.657. The van der Waals surface area contributed by atoms with E-state index in [4.69, 9.17) is 16.3 Å². The highest BCUT2D eigenvalue weighted by atomic mass is 35.5. The van der Waals surface area contributed by atoms with E-state index in [1.807, 2.05) is 39.1 Å². The fraction of sp³-hybridized carbons (Fsp3) is 0.357. The number of methoxy groups -OCH3 is 1. The lowest BCUT2D eigenvalue weighted by Crippen LogP contribution is -2.04. The van der Waals surface area contributed by atoms with Crippen LogP contribution in [0.1, 0.15) is 16.8 Å². The van der Waals surface area contributed by atoms with Crippen LogP contribution in [0.3, 0.4) is 0 Å². The molecule has 0 amide bonds. The summed E-state index contributed by atoms with van der Waals surface area (Å²) in [5.74, 6) is 0.782. The first kappa shape index (κ1) is 13.7. The number of anilines is 1. The molecule has 1 aromatic heterocycles. The molecule has 2 aromatic rings. The van der Waals surface area contributed by atoms with Crippen molar-refractivity contribution in [2.45, 2.75) is 20.4 Å². The Bertz CT molecular complexity index is 593. The van der Waals surface area contributed by atoms with E-state index < -0.39 is 0 Å². The molecule has 0 aliphatic heterocycles. The third-order valence-electron chi connectivity index (χ3n) is 3.14. The van der Waals surface area contributed by atoms with Crippen LogP contribution in [0.15, 0.2) is 18.2 Å². The van der Waals surface area contributed by atoms with Gasteiger partial charge in [-0.25, -0.2) is 4.68 Å². The summed E-state index contributed by atoms with van der Waals surface area (Å²) < 4.78 is 7.12. The Morgan fingerprint density at radius 1 is 1.37 bits per heavy atom. The number of nitrogens with one attached hydrogen (secondary N) is 1. The molecule has 0 atom stereocenters. The second-order valence-electron chi connectivity index (χ2n) is 4.51. The summed E-state index contributed by atoms with van der Waals surface area (Å²) in [5, 5.41) is 8.47. The zero-order valence-corrected chi connectivity index (χ0v) is 12.4. The average Bonchev–Trinajstić information content (AvgIpc) is 2.64. The number of rotatable bonds is 4. The predicted molar refractivity (Wildman–Crippen MR) is 78.0 cm³/mol. The van der Waals surface area contributed by atoms with Crippen LogP contribution in [-0.4, -0.2) is 16.9 Å². The Morgan fingerprint density at radius 2 is 2.11 bits per heavy atom. The molecule has 0 unspecified atom stereocenters. The predicted octanol–water partition coefficient (Wildman–Crippen LogP) is 3.31. The van der Waals surface area contributed by atoms with Crippen molar-refractivity contribution in [3.63, 3.8) is 0 Å². The number of benzene rings is 1. The third-order valence-corrected chi connectivity index (χ3v) is 3.37. The molecule has 0 saturated heterocycles. The summed E-state index contributed by atoms with van der Waals surface area (Å²) in [5.41, 5.74) is 4.21. The lowest BCUT2D eigenvalue weighted by molar-refractivity contribution is 0.370. The maximum absolute atomic E-state index is 6.01. The van der Waals surface area contributed by atoms with Gasteiger partial charge in [-0.2, -0.15) is 5.10 Å². The van der Waals surface area contributed by atoms with Gasteiger partial charge in [-0.15, -0.1) is 0 Å². The monoisotopic (exact) mass is 279 g/mol. The fourth-order valence-electron chi connectivity index (χ4n) is 2.11. The summed E-state index contributed by atoms with van der Waals surface area (Å²) in [6.07, 6.45) is 0. The molecular formula is C14H18ClN3O. The summed E-state index contributed by atoms with van der Waals surface area (Å²) in [7, 11) is 3.53. The fourth-order valence-corrected chi connectivity index (χ4v) is 2.28. The normalized spacial score (nSPS) is 10.6. The van der Waals surface area contributed by atoms with Crippen molar-refractivity contribution in [2.75, 3.05) is 12.4 Å². The van der Waals surface area contributed by atoms with Crippen molar-refractivity contribution in [1.29, 1.82) is 0 Å². The summed E-state index contributed by atoms with van der Waals surface area (Å²) in [6, 6.07) is 5.81. The second-order valence-corrected chi connectivity index (χ2v) is 4.95. The van der Waals surface area contributed by atoms with Gasteiger partial charge in [0.05, 0.1) is 18.4 Å². The van der Waals surface area contributed by atoms with Crippen LogP contribution in [-0.2, 0) is 13.6 Å². The highest BCUT2D eigenvalue weighted by Crippen LogP contribution is 2.24. The molecule has 1 heterocycles. The number of hydrogen-bond acceptors (Lipinski definition) is 3. The Balaban J connectivity index is 2.21. The van der Waals surface area contributed by atoms with E-state index in [1.54, 1.807) is 11.8 Å². The van der Waals surface area contributed by atoms with Crippen molar-refractivity contribution >= 4 is 17.3 Å². The Kier molecular flexibility index (Phi) is 4.00. The zero-order chi connectivity index (χ0) is 14.0. The molecule has 0 saturated carbocycles. The highest BCUT2D eigenvalue weighted by Gasteiger charge is 2.13. The summed E-state index contributed by atoms with van der Waals surface area (Å²) >= 11 is 6.01. The maximum Gasteiger partial charge on any atom is 0.216 e. The van der Waals surface area contributed by atoms with Gasteiger partial charge in [0.15, 0.2) is 0 Å². The summed E-state index contributed by atoms with van der Waals surface area (Å²) in [4.78, 5) is 0.